The number of primary amides is 1. The van der Waals surface area contributed by atoms with E-state index in [9.17, 15) is 4.79 Å². The molecule has 17 heavy (non-hydrogen) atoms. The van der Waals surface area contributed by atoms with Crippen molar-refractivity contribution in [2.75, 3.05) is 5.32 Å². The van der Waals surface area contributed by atoms with E-state index in [1.165, 1.54) is 0 Å². The molecule has 1 unspecified atom stereocenters. The third-order valence-electron chi connectivity index (χ3n) is 2.20. The van der Waals surface area contributed by atoms with Gasteiger partial charge in [0.2, 0.25) is 5.91 Å². The molecule has 1 aromatic carbocycles. The fourth-order valence-corrected chi connectivity index (χ4v) is 1.45. The first-order chi connectivity index (χ1) is 8.02. The minimum absolute atomic E-state index is 0.0194. The molecule has 6 nitrogen and oxygen atoms in total. The van der Waals surface area contributed by atoms with Crippen LogP contribution in [0.5, 0.6) is 0 Å². The van der Waals surface area contributed by atoms with Gasteiger partial charge in [0.1, 0.15) is 5.84 Å². The molecule has 0 saturated heterocycles. The number of nitrogens with one attached hydrogen (secondary N) is 1. The van der Waals surface area contributed by atoms with Crippen LogP contribution in [0.1, 0.15) is 23.7 Å². The zero-order valence-corrected chi connectivity index (χ0v) is 9.55. The van der Waals surface area contributed by atoms with Crippen molar-refractivity contribution < 1.29 is 10.0 Å². The number of hydrogen-bond acceptors (Lipinski definition) is 4. The normalized spacial score (nSPS) is 13.1. The number of rotatable bonds is 5. The van der Waals surface area contributed by atoms with Crippen molar-refractivity contribution in [3.8, 4) is 0 Å². The molecule has 0 aliphatic carbocycles. The molecule has 1 aromatic rings. The molecule has 0 radical (unpaired) electrons. The molecular formula is C11H16N4O2. The predicted octanol–water partition coefficient (Wildman–Crippen LogP) is 0.722. The maximum absolute atomic E-state index is 11.0. The zero-order chi connectivity index (χ0) is 12.8. The van der Waals surface area contributed by atoms with Crippen LogP contribution < -0.4 is 16.8 Å². The molecule has 1 rings (SSSR count). The number of hydrogen-bond donors (Lipinski definition) is 4. The molecule has 0 bridgehead atoms. The molecule has 1 atom stereocenters. The monoisotopic (exact) mass is 236 g/mol. The van der Waals surface area contributed by atoms with Gasteiger partial charge >= 0.3 is 0 Å². The molecular weight excluding hydrogens is 220 g/mol. The fraction of sp³-hybridized carbons (Fsp3) is 0.273. The Balaban J connectivity index is 2.68. The number of nitrogens with two attached hydrogens (primary N) is 2. The number of carbonyl (C=O) groups excluding carboxylic acids is 1. The molecule has 6 N–H and O–H groups in total. The lowest BCUT2D eigenvalue weighted by atomic mass is 10.1. The summed E-state index contributed by atoms with van der Waals surface area (Å²) in [6, 6.07) is 6.83. The van der Waals surface area contributed by atoms with Crippen molar-refractivity contribution in [2.45, 2.75) is 19.4 Å². The first kappa shape index (κ1) is 12.8. The van der Waals surface area contributed by atoms with Crippen molar-refractivity contribution in [1.82, 2.24) is 0 Å². The second-order valence-electron chi connectivity index (χ2n) is 3.79. The second-order valence-corrected chi connectivity index (χ2v) is 3.79. The van der Waals surface area contributed by atoms with E-state index in [1.54, 1.807) is 18.2 Å². The van der Waals surface area contributed by atoms with Gasteiger partial charge in [-0.1, -0.05) is 11.2 Å². The lowest BCUT2D eigenvalue weighted by molar-refractivity contribution is 0.100. The average molecular weight is 236 g/mol. The van der Waals surface area contributed by atoms with Crippen LogP contribution >= 0.6 is 0 Å². The second kappa shape index (κ2) is 5.74. The highest BCUT2D eigenvalue weighted by Gasteiger charge is 2.06. The third-order valence-corrected chi connectivity index (χ3v) is 2.20. The quantitative estimate of drug-likeness (QED) is 0.261. The van der Waals surface area contributed by atoms with E-state index in [-0.39, 0.29) is 11.9 Å². The van der Waals surface area contributed by atoms with Crippen molar-refractivity contribution >= 4 is 17.4 Å². The number of oxime groups is 1. The van der Waals surface area contributed by atoms with E-state index in [0.717, 1.165) is 5.69 Å². The van der Waals surface area contributed by atoms with Gasteiger partial charge in [-0.05, 0) is 25.1 Å². The van der Waals surface area contributed by atoms with Gasteiger partial charge in [-0.3, -0.25) is 4.79 Å². The molecule has 92 valence electrons. The molecule has 0 aromatic heterocycles. The standard InChI is InChI=1S/C11H16N4O2/c1-7(5-10(12)15-17)14-9-4-2-3-8(6-9)11(13)16/h2-4,6-7,14,17H,5H2,1H3,(H2,12,15)(H2,13,16). The van der Waals surface area contributed by atoms with E-state index in [4.69, 9.17) is 16.7 Å². The van der Waals surface area contributed by atoms with E-state index >= 15 is 0 Å². The number of amidine groups is 1. The SMILES string of the molecule is CC(C/C(N)=N/O)Nc1cccc(C(N)=O)c1. The maximum Gasteiger partial charge on any atom is 0.248 e. The largest absolute Gasteiger partial charge is 0.409 e. The predicted molar refractivity (Wildman–Crippen MR) is 66.1 cm³/mol. The van der Waals surface area contributed by atoms with Crippen LogP contribution in [0.2, 0.25) is 0 Å². The molecule has 6 heteroatoms. The Morgan fingerprint density at radius 2 is 2.24 bits per heavy atom. The van der Waals surface area contributed by atoms with Crippen molar-refractivity contribution in [2.24, 2.45) is 16.6 Å². The Morgan fingerprint density at radius 3 is 2.82 bits per heavy atom. The van der Waals surface area contributed by atoms with Gasteiger partial charge < -0.3 is 22.0 Å². The van der Waals surface area contributed by atoms with Crippen LogP contribution in [0.25, 0.3) is 0 Å². The van der Waals surface area contributed by atoms with Gasteiger partial charge in [-0.25, -0.2) is 0 Å². The first-order valence-corrected chi connectivity index (χ1v) is 5.15. The fourth-order valence-electron chi connectivity index (χ4n) is 1.45. The molecule has 1 amide bonds. The maximum atomic E-state index is 11.0. The third kappa shape index (κ3) is 4.02. The summed E-state index contributed by atoms with van der Waals surface area (Å²) >= 11 is 0. The van der Waals surface area contributed by atoms with Gasteiger partial charge in [0.25, 0.3) is 0 Å². The van der Waals surface area contributed by atoms with Crippen LogP contribution in [-0.4, -0.2) is 23.0 Å². The number of anilines is 1. The van der Waals surface area contributed by atoms with Crippen LogP contribution in [0.4, 0.5) is 5.69 Å². The highest BCUT2D eigenvalue weighted by Crippen LogP contribution is 2.12. The lowest BCUT2D eigenvalue weighted by Gasteiger charge is -2.14. The van der Waals surface area contributed by atoms with E-state index in [1.807, 2.05) is 13.0 Å². The van der Waals surface area contributed by atoms with E-state index in [2.05, 4.69) is 10.5 Å². The van der Waals surface area contributed by atoms with Crippen LogP contribution in [0.15, 0.2) is 29.4 Å². The highest BCUT2D eigenvalue weighted by atomic mass is 16.4. The van der Waals surface area contributed by atoms with Gasteiger partial charge in [0.05, 0.1) is 0 Å². The van der Waals surface area contributed by atoms with Gasteiger partial charge in [0, 0.05) is 23.7 Å². The summed E-state index contributed by atoms with van der Waals surface area (Å²) in [5.74, 6) is -0.325. The number of benzene rings is 1. The molecule has 0 aliphatic rings. The summed E-state index contributed by atoms with van der Waals surface area (Å²) in [4.78, 5) is 11.0. The number of amides is 1. The average Bonchev–Trinajstić information content (AvgIpc) is 2.28. The van der Waals surface area contributed by atoms with Crippen LogP contribution in [0, 0.1) is 0 Å². The summed E-state index contributed by atoms with van der Waals surface area (Å²) in [5.41, 5.74) is 11.8. The van der Waals surface area contributed by atoms with Crippen LogP contribution in [-0.2, 0) is 0 Å². The molecule has 0 heterocycles. The minimum Gasteiger partial charge on any atom is -0.409 e. The van der Waals surface area contributed by atoms with Gasteiger partial charge in [-0.2, -0.15) is 0 Å². The Labute approximate surface area is 99.3 Å². The van der Waals surface area contributed by atoms with E-state index in [0.29, 0.717) is 12.0 Å². The Bertz CT molecular complexity index is 431. The molecule has 0 aliphatic heterocycles. The number of nitrogens with zero attached hydrogens (tertiary/aromatic N) is 1. The molecule has 0 fully saturated rings. The minimum atomic E-state index is -0.474. The summed E-state index contributed by atoms with van der Waals surface area (Å²) < 4.78 is 0. The van der Waals surface area contributed by atoms with Crippen molar-refractivity contribution in [1.29, 1.82) is 0 Å². The molecule has 0 saturated carbocycles. The van der Waals surface area contributed by atoms with Crippen molar-refractivity contribution in [3.63, 3.8) is 0 Å². The van der Waals surface area contributed by atoms with E-state index < -0.39 is 5.91 Å². The first-order valence-electron chi connectivity index (χ1n) is 5.15. The Kier molecular flexibility index (Phi) is 4.33. The zero-order valence-electron chi connectivity index (χ0n) is 9.55. The smallest absolute Gasteiger partial charge is 0.248 e. The summed E-state index contributed by atoms with van der Waals surface area (Å²) in [5, 5.41) is 14.5. The van der Waals surface area contributed by atoms with Gasteiger partial charge in [0.15, 0.2) is 0 Å². The summed E-state index contributed by atoms with van der Waals surface area (Å²) in [7, 11) is 0. The Hall–Kier alpha value is -2.24. The summed E-state index contributed by atoms with van der Waals surface area (Å²) in [6.07, 6.45) is 0.400. The number of carbonyl (C=O) groups is 1. The molecule has 0 spiro atoms. The van der Waals surface area contributed by atoms with Gasteiger partial charge in [-0.15, -0.1) is 0 Å². The van der Waals surface area contributed by atoms with Crippen LogP contribution in [0.3, 0.4) is 0 Å². The van der Waals surface area contributed by atoms with Crippen molar-refractivity contribution in [3.05, 3.63) is 29.8 Å². The summed E-state index contributed by atoms with van der Waals surface area (Å²) in [6.45, 7) is 1.88. The Morgan fingerprint density at radius 1 is 1.53 bits per heavy atom. The lowest BCUT2D eigenvalue weighted by Crippen LogP contribution is -2.24. The highest BCUT2D eigenvalue weighted by molar-refractivity contribution is 5.93. The topological polar surface area (TPSA) is 114 Å².